The molecular formula is C8H10F3NO4. The van der Waals surface area contributed by atoms with Crippen molar-refractivity contribution in [2.45, 2.75) is 32.9 Å². The molecule has 0 aliphatic carbocycles. The van der Waals surface area contributed by atoms with Gasteiger partial charge in [-0.15, -0.1) is 5.06 Å². The van der Waals surface area contributed by atoms with E-state index >= 15 is 0 Å². The smallest absolute Gasteiger partial charge is 0.322 e. The summed E-state index contributed by atoms with van der Waals surface area (Å²) in [7, 11) is 0. The first-order valence-electron chi connectivity index (χ1n) is 4.47. The predicted octanol–water partition coefficient (Wildman–Crippen LogP) is 1.18. The fourth-order valence-corrected chi connectivity index (χ4v) is 0.793. The van der Waals surface area contributed by atoms with Gasteiger partial charge in [0.2, 0.25) is 0 Å². The minimum Gasteiger partial charge on any atom is -0.322 e. The Bertz CT molecular complexity index is 284. The second-order valence-electron chi connectivity index (χ2n) is 2.46. The molecule has 2 amide bonds. The van der Waals surface area contributed by atoms with Gasteiger partial charge in [0, 0.05) is 12.8 Å². The van der Waals surface area contributed by atoms with E-state index in [1.807, 2.05) is 13.8 Å². The fourth-order valence-electron chi connectivity index (χ4n) is 0.793. The van der Waals surface area contributed by atoms with Gasteiger partial charge in [0.25, 0.3) is 11.8 Å². The van der Waals surface area contributed by atoms with Crippen molar-refractivity contribution in [1.29, 1.82) is 0 Å². The fraction of sp³-hybridized carbons (Fsp3) is 0.625. The summed E-state index contributed by atoms with van der Waals surface area (Å²) in [4.78, 5) is 35.2. The van der Waals surface area contributed by atoms with E-state index < -0.39 is 24.0 Å². The number of imide groups is 1. The number of hydroxylamine groups is 2. The molecule has 1 heterocycles. The van der Waals surface area contributed by atoms with Gasteiger partial charge in [0.15, 0.2) is 0 Å². The molecule has 8 heteroatoms. The maximum atomic E-state index is 11.6. The molecule has 92 valence electrons. The van der Waals surface area contributed by atoms with Crippen LogP contribution in [0.4, 0.5) is 13.2 Å². The molecule has 0 aromatic rings. The highest BCUT2D eigenvalue weighted by molar-refractivity contribution is 6.01. The van der Waals surface area contributed by atoms with Crippen molar-refractivity contribution >= 4 is 17.8 Å². The molecule has 0 aromatic carbocycles. The monoisotopic (exact) mass is 241 g/mol. The lowest BCUT2D eigenvalue weighted by Crippen LogP contribution is -2.37. The first-order valence-corrected chi connectivity index (χ1v) is 4.47. The quantitative estimate of drug-likeness (QED) is 0.647. The lowest BCUT2D eigenvalue weighted by Gasteiger charge is -2.13. The first-order chi connectivity index (χ1) is 7.32. The van der Waals surface area contributed by atoms with Crippen molar-refractivity contribution in [3.05, 3.63) is 0 Å². The number of alkyl halides is 3. The van der Waals surface area contributed by atoms with Crippen LogP contribution in [-0.4, -0.2) is 29.0 Å². The third-order valence-electron chi connectivity index (χ3n) is 1.41. The van der Waals surface area contributed by atoms with E-state index in [1.54, 1.807) is 0 Å². The largest absolute Gasteiger partial charge is 0.493 e. The maximum Gasteiger partial charge on any atom is 0.493 e. The maximum absolute atomic E-state index is 11.6. The van der Waals surface area contributed by atoms with Gasteiger partial charge in [0.1, 0.15) is 0 Å². The molecule has 0 spiro atoms. The molecule has 0 radical (unpaired) electrons. The van der Waals surface area contributed by atoms with Crippen LogP contribution in [0.1, 0.15) is 26.7 Å². The van der Waals surface area contributed by atoms with E-state index in [2.05, 4.69) is 4.84 Å². The molecule has 1 saturated heterocycles. The van der Waals surface area contributed by atoms with Gasteiger partial charge in [-0.3, -0.25) is 9.59 Å². The van der Waals surface area contributed by atoms with Gasteiger partial charge >= 0.3 is 12.1 Å². The minimum atomic E-state index is -5.22. The van der Waals surface area contributed by atoms with Crippen molar-refractivity contribution in [2.75, 3.05) is 0 Å². The highest BCUT2D eigenvalue weighted by Crippen LogP contribution is 2.20. The zero-order valence-corrected chi connectivity index (χ0v) is 8.63. The molecule has 1 aliphatic rings. The van der Waals surface area contributed by atoms with Crippen LogP contribution < -0.4 is 0 Å². The highest BCUT2D eigenvalue weighted by Gasteiger charge is 2.45. The van der Waals surface area contributed by atoms with E-state index in [1.165, 1.54) is 0 Å². The molecule has 1 rings (SSSR count). The van der Waals surface area contributed by atoms with Crippen LogP contribution in [-0.2, 0) is 19.2 Å². The lowest BCUT2D eigenvalue weighted by molar-refractivity contribution is -0.232. The van der Waals surface area contributed by atoms with Crippen molar-refractivity contribution < 1.29 is 32.4 Å². The van der Waals surface area contributed by atoms with Crippen LogP contribution >= 0.6 is 0 Å². The van der Waals surface area contributed by atoms with Gasteiger partial charge in [0.05, 0.1) is 0 Å². The number of nitrogens with zero attached hydrogens (tertiary/aromatic N) is 1. The number of rotatable bonds is 1. The highest BCUT2D eigenvalue weighted by atomic mass is 19.4. The summed E-state index contributed by atoms with van der Waals surface area (Å²) in [6.07, 6.45) is -5.71. The molecule has 5 nitrogen and oxygen atoms in total. The first kappa shape index (κ1) is 14.4. The average molecular weight is 241 g/mol. The molecule has 1 aliphatic heterocycles. The second-order valence-corrected chi connectivity index (χ2v) is 2.46. The van der Waals surface area contributed by atoms with Crippen LogP contribution in [0.2, 0.25) is 0 Å². The third-order valence-corrected chi connectivity index (χ3v) is 1.41. The number of hydrogen-bond donors (Lipinski definition) is 0. The molecule has 0 bridgehead atoms. The Morgan fingerprint density at radius 3 is 1.88 bits per heavy atom. The summed E-state index contributed by atoms with van der Waals surface area (Å²) in [5, 5.41) is -0.157. The Morgan fingerprint density at radius 2 is 1.56 bits per heavy atom. The molecule has 0 N–H and O–H groups in total. The Balaban J connectivity index is 0.00000106. The van der Waals surface area contributed by atoms with E-state index in [9.17, 15) is 27.6 Å². The number of carbonyl (C=O) groups excluding carboxylic acids is 3. The van der Waals surface area contributed by atoms with Crippen LogP contribution in [0, 0.1) is 0 Å². The average Bonchev–Trinajstić information content (AvgIpc) is 2.51. The zero-order chi connectivity index (χ0) is 12.9. The van der Waals surface area contributed by atoms with E-state index in [4.69, 9.17) is 0 Å². The Hall–Kier alpha value is -1.60. The standard InChI is InChI=1S/C6H4F3NO4.C2H6/c7-6(8,9)5(13)14-10-3(11)1-2-4(10)12;1-2/h1-2H2;1-2H3. The van der Waals surface area contributed by atoms with Crippen LogP contribution in [0.3, 0.4) is 0 Å². The van der Waals surface area contributed by atoms with Crippen LogP contribution in [0.25, 0.3) is 0 Å². The van der Waals surface area contributed by atoms with E-state index in [0.717, 1.165) is 0 Å². The number of carbonyl (C=O) groups is 3. The second kappa shape index (κ2) is 5.47. The van der Waals surface area contributed by atoms with E-state index in [0.29, 0.717) is 0 Å². The number of hydrogen-bond acceptors (Lipinski definition) is 4. The molecule has 16 heavy (non-hydrogen) atoms. The van der Waals surface area contributed by atoms with Crippen molar-refractivity contribution in [2.24, 2.45) is 0 Å². The molecule has 0 unspecified atom stereocenters. The minimum absolute atomic E-state index is 0.157. The summed E-state index contributed by atoms with van der Waals surface area (Å²) >= 11 is 0. The van der Waals surface area contributed by atoms with Crippen molar-refractivity contribution in [3.8, 4) is 0 Å². The molecule has 0 atom stereocenters. The summed E-state index contributed by atoms with van der Waals surface area (Å²) in [6.45, 7) is 4.00. The summed E-state index contributed by atoms with van der Waals surface area (Å²) in [5.41, 5.74) is 0. The molecule has 0 aromatic heterocycles. The van der Waals surface area contributed by atoms with Gasteiger partial charge in [-0.1, -0.05) is 13.8 Å². The topological polar surface area (TPSA) is 63.7 Å². The van der Waals surface area contributed by atoms with Gasteiger partial charge in [-0.2, -0.15) is 13.2 Å². The summed E-state index contributed by atoms with van der Waals surface area (Å²) < 4.78 is 34.9. The number of amides is 2. The third kappa shape index (κ3) is 3.52. The van der Waals surface area contributed by atoms with Crippen molar-refractivity contribution in [3.63, 3.8) is 0 Å². The summed E-state index contributed by atoms with van der Waals surface area (Å²) in [5.74, 6) is -4.48. The molecule has 1 fully saturated rings. The van der Waals surface area contributed by atoms with Gasteiger partial charge < -0.3 is 4.84 Å². The van der Waals surface area contributed by atoms with Crippen LogP contribution in [0.5, 0.6) is 0 Å². The summed E-state index contributed by atoms with van der Waals surface area (Å²) in [6, 6.07) is 0. The van der Waals surface area contributed by atoms with Gasteiger partial charge in [-0.25, -0.2) is 4.79 Å². The number of halogens is 3. The zero-order valence-electron chi connectivity index (χ0n) is 8.63. The van der Waals surface area contributed by atoms with Crippen molar-refractivity contribution in [1.82, 2.24) is 5.06 Å². The van der Waals surface area contributed by atoms with Gasteiger partial charge in [-0.05, 0) is 0 Å². The molecule has 0 saturated carbocycles. The van der Waals surface area contributed by atoms with E-state index in [-0.39, 0.29) is 17.9 Å². The molecular weight excluding hydrogens is 231 g/mol. The normalized spacial score (nSPS) is 15.7. The Morgan fingerprint density at radius 1 is 1.19 bits per heavy atom. The van der Waals surface area contributed by atoms with Crippen LogP contribution in [0.15, 0.2) is 0 Å². The Labute approximate surface area is 89.1 Å². The predicted molar refractivity (Wildman–Crippen MR) is 44.6 cm³/mol. The lowest BCUT2D eigenvalue weighted by atomic mass is 10.4. The Kier molecular flexibility index (Phi) is 4.93. The SMILES string of the molecule is CC.O=C1CCC(=O)N1OC(=O)C(F)(F)F.